The summed E-state index contributed by atoms with van der Waals surface area (Å²) in [5.74, 6) is 1.41. The predicted octanol–water partition coefficient (Wildman–Crippen LogP) is 5.75. The molecule has 1 unspecified atom stereocenters. The van der Waals surface area contributed by atoms with Crippen molar-refractivity contribution in [3.8, 4) is 34.8 Å². The Morgan fingerprint density at radius 1 is 1.10 bits per heavy atom. The first kappa shape index (κ1) is 39.6. The molecule has 4 aromatic rings. The third kappa shape index (κ3) is 5.74. The minimum absolute atomic E-state index is 0.0128. The first-order valence-electron chi connectivity index (χ1n) is 20.3. The van der Waals surface area contributed by atoms with Gasteiger partial charge in [0, 0.05) is 70.2 Å². The number of nitriles is 1. The molecule has 7 aliphatic rings. The third-order valence-corrected chi connectivity index (χ3v) is 14.9. The van der Waals surface area contributed by atoms with Crippen LogP contribution in [0.15, 0.2) is 43.2 Å². The van der Waals surface area contributed by atoms with Crippen molar-refractivity contribution in [1.82, 2.24) is 20.1 Å². The molecule has 0 aliphatic carbocycles. The summed E-state index contributed by atoms with van der Waals surface area (Å²) in [6, 6.07) is 9.94. The second-order valence-corrected chi connectivity index (χ2v) is 17.5. The lowest BCUT2D eigenvalue weighted by molar-refractivity contribution is -0.133. The van der Waals surface area contributed by atoms with Gasteiger partial charge in [0.2, 0.25) is 6.79 Å². The number of Topliss-reactive ketones (excluding diaryl/α,β-unsaturated/α-hetero) is 1. The van der Waals surface area contributed by atoms with Gasteiger partial charge < -0.3 is 38.1 Å². The Morgan fingerprint density at radius 3 is 2.67 bits per heavy atom. The van der Waals surface area contributed by atoms with Gasteiger partial charge in [-0.3, -0.25) is 24.7 Å². The van der Waals surface area contributed by atoms with Crippen LogP contribution < -0.4 is 29.0 Å². The smallest absolute Gasteiger partial charge is 0.493 e. The molecular formula is C45H45N5O10S. The van der Waals surface area contributed by atoms with Crippen molar-refractivity contribution in [2.75, 3.05) is 46.5 Å². The summed E-state index contributed by atoms with van der Waals surface area (Å²) in [5.41, 5.74) is 5.90. The molecule has 0 saturated carbocycles. The number of aromatic nitrogens is 1. The number of carbonyl (C=O) groups excluding carboxylic acids is 3. The number of thioether (sulfide) groups is 1. The van der Waals surface area contributed by atoms with E-state index in [1.807, 2.05) is 45.2 Å². The fourth-order valence-electron chi connectivity index (χ4n) is 11.0. The fourth-order valence-corrected chi connectivity index (χ4v) is 12.8. The molecule has 1 spiro atoms. The van der Waals surface area contributed by atoms with Crippen molar-refractivity contribution in [1.29, 1.82) is 5.26 Å². The largest absolute Gasteiger partial charge is 0.518 e. The van der Waals surface area contributed by atoms with Crippen LogP contribution in [0.4, 0.5) is 4.79 Å². The van der Waals surface area contributed by atoms with Gasteiger partial charge in [0.1, 0.15) is 23.9 Å². The van der Waals surface area contributed by atoms with Crippen molar-refractivity contribution >= 4 is 40.6 Å². The van der Waals surface area contributed by atoms with E-state index in [4.69, 9.17) is 33.2 Å². The van der Waals surface area contributed by atoms with Gasteiger partial charge in [-0.05, 0) is 56.5 Å². The van der Waals surface area contributed by atoms with Gasteiger partial charge in [0.15, 0.2) is 28.8 Å². The lowest BCUT2D eigenvalue weighted by atomic mass is 9.71. The standard InChI is InChI=1S/C45H45N5O10S/c1-7-56-44(53)60-41-32-24(14-21(2)37(41)54-6)15-28-29(16-46)50-30-17-55-18-31(52)45(43-26(12-13-47-45)25-10-8-9-11-27(25)48-43)19-61-42(36(50)35(32)49(28)5)34-33(30)40-39(57-20-58-40)22(3)38(34)59-23(4)51/h7-11,14,28-30,35-36,42,47-48H,1,12-13,15,17-20H2,2-6H3/t28-,29-,30+,35+,36?,42+,45-/m0/s1. The molecule has 16 heteroatoms. The third-order valence-electron chi connectivity index (χ3n) is 13.4. The number of esters is 1. The Morgan fingerprint density at radius 2 is 1.90 bits per heavy atom. The zero-order valence-corrected chi connectivity index (χ0v) is 35.2. The summed E-state index contributed by atoms with van der Waals surface area (Å²) in [6.07, 6.45) is 1.19. The Bertz CT molecular complexity index is 2600. The number of likely N-dealkylation sites (N-methyl/N-ethyl adjacent to an activating group) is 1. The first-order valence-corrected chi connectivity index (χ1v) is 21.4. The van der Waals surface area contributed by atoms with E-state index in [9.17, 15) is 19.6 Å². The average molecular weight is 848 g/mol. The minimum Gasteiger partial charge on any atom is -0.493 e. The SMILES string of the molecule is C=COC(=O)Oc1c(OC)c(C)cc2c1[C@@H]1C3[C@@H]4SC[C@]5(NCCc6c5[nH]c5ccccc65)C(=O)COC[C@H](c5c6c(c(C)c(OC(C)=O)c54)OCO6)N3[C@@H](C#N)[C@H](C2)N1C. The Labute approximate surface area is 356 Å². The number of nitrogens with zero attached hydrogens (tertiary/aromatic N) is 3. The topological polar surface area (TPSA) is 174 Å². The minimum atomic E-state index is -1.21. The summed E-state index contributed by atoms with van der Waals surface area (Å²) in [6.45, 7) is 8.90. The molecule has 2 saturated heterocycles. The van der Waals surface area contributed by atoms with Crippen molar-refractivity contribution in [2.24, 2.45) is 0 Å². The molecule has 11 rings (SSSR count). The first-order chi connectivity index (χ1) is 29.5. The van der Waals surface area contributed by atoms with E-state index in [2.05, 4.69) is 38.8 Å². The van der Waals surface area contributed by atoms with Crippen LogP contribution in [-0.4, -0.2) is 97.3 Å². The second-order valence-electron chi connectivity index (χ2n) is 16.4. The van der Waals surface area contributed by atoms with Crippen LogP contribution >= 0.6 is 11.8 Å². The summed E-state index contributed by atoms with van der Waals surface area (Å²) in [4.78, 5) is 49.3. The quantitative estimate of drug-likeness (QED) is 0.110. The number of benzene rings is 3. The molecule has 4 bridgehead atoms. The lowest BCUT2D eigenvalue weighted by Crippen LogP contribution is -2.69. The molecule has 15 nitrogen and oxygen atoms in total. The van der Waals surface area contributed by atoms with E-state index < -0.39 is 47.1 Å². The lowest BCUT2D eigenvalue weighted by Gasteiger charge is -2.61. The highest BCUT2D eigenvalue weighted by molar-refractivity contribution is 7.99. The summed E-state index contributed by atoms with van der Waals surface area (Å²) < 4.78 is 42.4. The van der Waals surface area contributed by atoms with E-state index in [1.54, 1.807) is 11.8 Å². The van der Waals surface area contributed by atoms with E-state index in [0.717, 1.165) is 46.0 Å². The molecule has 0 amide bonds. The van der Waals surface area contributed by atoms with Gasteiger partial charge in [-0.1, -0.05) is 30.8 Å². The number of aromatic amines is 1. The molecule has 61 heavy (non-hydrogen) atoms. The molecule has 3 aromatic carbocycles. The normalized spacial score (nSPS) is 27.5. The van der Waals surface area contributed by atoms with Crippen LogP contribution in [0.1, 0.15) is 68.9 Å². The van der Waals surface area contributed by atoms with Crippen LogP contribution in [0.2, 0.25) is 0 Å². The zero-order chi connectivity index (χ0) is 42.5. The van der Waals surface area contributed by atoms with Gasteiger partial charge in [0.25, 0.3) is 0 Å². The van der Waals surface area contributed by atoms with Gasteiger partial charge in [-0.15, -0.1) is 11.8 Å². The van der Waals surface area contributed by atoms with Crippen LogP contribution in [-0.2, 0) is 37.4 Å². The molecule has 316 valence electrons. The molecule has 7 atom stereocenters. The highest BCUT2D eigenvalue weighted by atomic mass is 32.2. The molecule has 2 fully saturated rings. The molecule has 8 heterocycles. The van der Waals surface area contributed by atoms with Crippen LogP contribution in [0.25, 0.3) is 10.9 Å². The number of ether oxygens (including phenoxy) is 7. The number of fused-ring (bicyclic) bond motifs is 12. The summed E-state index contributed by atoms with van der Waals surface area (Å²) >= 11 is 1.55. The number of rotatable bonds is 4. The maximum absolute atomic E-state index is 15.0. The Hall–Kier alpha value is -5.57. The zero-order valence-electron chi connectivity index (χ0n) is 34.4. The van der Waals surface area contributed by atoms with E-state index >= 15 is 0 Å². The van der Waals surface area contributed by atoms with E-state index in [0.29, 0.717) is 58.2 Å². The van der Waals surface area contributed by atoms with E-state index in [1.165, 1.54) is 14.0 Å². The van der Waals surface area contributed by atoms with E-state index in [-0.39, 0.29) is 43.3 Å². The van der Waals surface area contributed by atoms with Crippen molar-refractivity contribution in [3.05, 3.63) is 87.8 Å². The Kier molecular flexibility index (Phi) is 9.60. The number of ketones is 1. The highest BCUT2D eigenvalue weighted by Crippen LogP contribution is 2.64. The number of carbonyl (C=O) groups is 3. The van der Waals surface area contributed by atoms with Crippen molar-refractivity contribution < 1.29 is 47.5 Å². The maximum Gasteiger partial charge on any atom is 0.518 e. The predicted molar refractivity (Wildman–Crippen MR) is 222 cm³/mol. The molecule has 1 aromatic heterocycles. The molecular weight excluding hydrogens is 803 g/mol. The van der Waals surface area contributed by atoms with Crippen LogP contribution in [0.3, 0.4) is 0 Å². The summed E-state index contributed by atoms with van der Waals surface area (Å²) in [5, 5.41) is 15.5. The van der Waals surface area contributed by atoms with Crippen LogP contribution in [0.5, 0.6) is 28.7 Å². The number of methoxy groups -OCH3 is 1. The fraction of sp³-hybridized carbons (Fsp3) is 0.422. The van der Waals surface area contributed by atoms with Gasteiger partial charge >= 0.3 is 12.1 Å². The van der Waals surface area contributed by atoms with Crippen molar-refractivity contribution in [2.45, 2.75) is 74.6 Å². The van der Waals surface area contributed by atoms with Gasteiger partial charge in [0.05, 0.1) is 43.4 Å². The summed E-state index contributed by atoms with van der Waals surface area (Å²) in [7, 11) is 3.51. The molecule has 2 N–H and O–H groups in total. The number of nitrogens with one attached hydrogen (secondary N) is 2. The second kappa shape index (κ2) is 14.8. The van der Waals surface area contributed by atoms with Gasteiger partial charge in [-0.25, -0.2) is 4.79 Å². The number of piperazine rings is 1. The monoisotopic (exact) mass is 847 g/mol. The van der Waals surface area contributed by atoms with Gasteiger partial charge in [-0.2, -0.15) is 5.26 Å². The molecule has 0 radical (unpaired) electrons. The Balaban J connectivity index is 1.26. The average Bonchev–Trinajstić information content (AvgIpc) is 3.88. The number of hydrogen-bond acceptors (Lipinski definition) is 15. The number of hydrogen-bond donors (Lipinski definition) is 2. The number of H-pyrrole nitrogens is 1. The maximum atomic E-state index is 15.0. The number of para-hydroxylation sites is 1. The number of aryl methyl sites for hydroxylation is 1. The molecule has 7 aliphatic heterocycles. The van der Waals surface area contributed by atoms with Crippen LogP contribution in [0, 0.1) is 25.2 Å². The highest BCUT2D eigenvalue weighted by Gasteiger charge is 2.61. The van der Waals surface area contributed by atoms with Crippen molar-refractivity contribution in [3.63, 3.8) is 0 Å².